The molecule has 0 radical (unpaired) electrons. The molecule has 0 heterocycles. The molecule has 0 aromatic heterocycles. The summed E-state index contributed by atoms with van der Waals surface area (Å²) in [5.74, 6) is -0.271. The van der Waals surface area contributed by atoms with Gasteiger partial charge in [-0.3, -0.25) is 0 Å². The van der Waals surface area contributed by atoms with Gasteiger partial charge in [0.25, 0.3) is 0 Å². The smallest absolute Gasteiger partial charge is 0.406 e. The Hall–Kier alpha value is -1.50. The molecule has 0 fully saturated rings. The normalized spacial score (nSPS) is 11.9. The van der Waals surface area contributed by atoms with Crippen LogP contribution >= 0.6 is 12.2 Å². The summed E-state index contributed by atoms with van der Waals surface area (Å²) in [4.78, 5) is 0. The first-order chi connectivity index (χ1) is 8.55. The maximum absolute atomic E-state index is 12.0. The van der Waals surface area contributed by atoms with E-state index in [0.29, 0.717) is 10.8 Å². The van der Waals surface area contributed by atoms with Crippen LogP contribution in [0, 0.1) is 0 Å². The van der Waals surface area contributed by atoms with Crippen LogP contribution in [0.5, 0.6) is 5.75 Å². The van der Waals surface area contributed by atoms with Gasteiger partial charge in [0.15, 0.2) is 5.11 Å². The van der Waals surface area contributed by atoms with Gasteiger partial charge in [0.1, 0.15) is 5.75 Å². The predicted molar refractivity (Wildman–Crippen MR) is 72.2 cm³/mol. The molecule has 3 nitrogen and oxygen atoms in total. The van der Waals surface area contributed by atoms with Crippen LogP contribution in [-0.2, 0) is 0 Å². The van der Waals surface area contributed by atoms with E-state index in [4.69, 9.17) is 12.2 Å². The molecule has 19 heavy (non-hydrogen) atoms. The van der Waals surface area contributed by atoms with Crippen molar-refractivity contribution in [3.8, 4) is 5.75 Å². The number of hydrogen-bond donors (Lipinski definition) is 2. The topological polar surface area (TPSA) is 33.3 Å². The number of rotatable bonds is 2. The number of halogens is 3. The van der Waals surface area contributed by atoms with Crippen LogP contribution in [0.15, 0.2) is 24.3 Å². The Balaban J connectivity index is 2.60. The summed E-state index contributed by atoms with van der Waals surface area (Å²) < 4.78 is 39.7. The van der Waals surface area contributed by atoms with Crippen LogP contribution in [-0.4, -0.2) is 17.0 Å². The Kier molecular flexibility index (Phi) is 4.62. The van der Waals surface area contributed by atoms with Crippen molar-refractivity contribution in [1.82, 2.24) is 5.32 Å². The molecule has 0 aliphatic rings. The van der Waals surface area contributed by atoms with Gasteiger partial charge in [-0.2, -0.15) is 0 Å². The van der Waals surface area contributed by atoms with Crippen LogP contribution in [0.25, 0.3) is 0 Å². The predicted octanol–water partition coefficient (Wildman–Crippen LogP) is 3.67. The molecule has 2 N–H and O–H groups in total. The molecule has 0 unspecified atom stereocenters. The van der Waals surface area contributed by atoms with E-state index in [2.05, 4.69) is 15.4 Å². The van der Waals surface area contributed by atoms with Gasteiger partial charge in [0.05, 0.1) is 0 Å². The van der Waals surface area contributed by atoms with E-state index in [9.17, 15) is 13.2 Å². The average molecular weight is 292 g/mol. The lowest BCUT2D eigenvalue weighted by atomic mass is 10.1. The van der Waals surface area contributed by atoms with Gasteiger partial charge >= 0.3 is 6.36 Å². The van der Waals surface area contributed by atoms with Crippen molar-refractivity contribution in [2.75, 3.05) is 5.32 Å². The second kappa shape index (κ2) is 5.64. The van der Waals surface area contributed by atoms with Crippen molar-refractivity contribution in [2.45, 2.75) is 32.7 Å². The largest absolute Gasteiger partial charge is 0.573 e. The zero-order valence-electron chi connectivity index (χ0n) is 10.8. The van der Waals surface area contributed by atoms with Crippen LogP contribution in [0.4, 0.5) is 18.9 Å². The highest BCUT2D eigenvalue weighted by molar-refractivity contribution is 7.80. The van der Waals surface area contributed by atoms with E-state index < -0.39 is 6.36 Å². The second-order valence-electron chi connectivity index (χ2n) is 4.90. The molecule has 1 aromatic carbocycles. The highest BCUT2D eigenvalue weighted by Crippen LogP contribution is 2.23. The zero-order chi connectivity index (χ0) is 14.7. The number of hydrogen-bond acceptors (Lipinski definition) is 2. The first-order valence-corrected chi connectivity index (χ1v) is 5.91. The molecule has 0 aliphatic heterocycles. The van der Waals surface area contributed by atoms with Crippen LogP contribution in [0.2, 0.25) is 0 Å². The first-order valence-electron chi connectivity index (χ1n) is 5.50. The van der Waals surface area contributed by atoms with Crippen molar-refractivity contribution >= 4 is 23.0 Å². The third-order valence-corrected chi connectivity index (χ3v) is 2.04. The number of benzene rings is 1. The Labute approximate surface area is 115 Å². The van der Waals surface area contributed by atoms with Gasteiger partial charge < -0.3 is 15.4 Å². The molecule has 1 rings (SSSR count). The molecule has 0 aliphatic carbocycles. The van der Waals surface area contributed by atoms with Crippen molar-refractivity contribution in [1.29, 1.82) is 0 Å². The third-order valence-electron chi connectivity index (χ3n) is 1.83. The first kappa shape index (κ1) is 15.6. The van der Waals surface area contributed by atoms with Gasteiger partial charge in [-0.1, -0.05) is 0 Å². The molecule has 0 spiro atoms. The summed E-state index contributed by atoms with van der Waals surface area (Å²) >= 11 is 5.07. The van der Waals surface area contributed by atoms with E-state index in [1.807, 2.05) is 20.8 Å². The van der Waals surface area contributed by atoms with Crippen molar-refractivity contribution in [2.24, 2.45) is 0 Å². The van der Waals surface area contributed by atoms with Gasteiger partial charge in [-0.15, -0.1) is 13.2 Å². The summed E-state index contributed by atoms with van der Waals surface area (Å²) in [6.45, 7) is 5.84. The molecular formula is C12H15F3N2OS. The number of thiocarbonyl (C=S) groups is 1. The Morgan fingerprint density at radius 3 is 2.05 bits per heavy atom. The third kappa shape index (κ3) is 6.85. The highest BCUT2D eigenvalue weighted by atomic mass is 32.1. The zero-order valence-corrected chi connectivity index (χ0v) is 11.6. The summed E-state index contributed by atoms with van der Waals surface area (Å²) in [6.07, 6.45) is -4.68. The van der Waals surface area contributed by atoms with Gasteiger partial charge in [-0.25, -0.2) is 0 Å². The number of ether oxygens (including phenoxy) is 1. The second-order valence-corrected chi connectivity index (χ2v) is 5.31. The van der Waals surface area contributed by atoms with E-state index in [0.717, 1.165) is 0 Å². The minimum absolute atomic E-state index is 0.191. The van der Waals surface area contributed by atoms with Gasteiger partial charge in [0, 0.05) is 11.2 Å². The van der Waals surface area contributed by atoms with Crippen molar-refractivity contribution in [3.05, 3.63) is 24.3 Å². The summed E-state index contributed by atoms with van der Waals surface area (Å²) in [5.41, 5.74) is 0.389. The van der Waals surface area contributed by atoms with E-state index in [1.165, 1.54) is 24.3 Å². The molecule has 0 bridgehead atoms. The molecule has 0 saturated carbocycles. The van der Waals surface area contributed by atoms with Gasteiger partial charge in [-0.05, 0) is 57.3 Å². The maximum Gasteiger partial charge on any atom is 0.573 e. The van der Waals surface area contributed by atoms with Crippen molar-refractivity contribution in [3.63, 3.8) is 0 Å². The summed E-state index contributed by atoms with van der Waals surface area (Å²) in [5, 5.41) is 6.30. The maximum atomic E-state index is 12.0. The van der Waals surface area contributed by atoms with Crippen LogP contribution in [0.1, 0.15) is 20.8 Å². The standard InChI is InChI=1S/C12H15F3N2OS/c1-11(2,3)17-10(19)16-8-4-6-9(7-5-8)18-12(13,14)15/h4-7H,1-3H3,(H2,16,17,19). The fourth-order valence-corrected chi connectivity index (χ4v) is 1.67. The monoisotopic (exact) mass is 292 g/mol. The Morgan fingerprint density at radius 1 is 1.11 bits per heavy atom. The molecule has 0 amide bonds. The van der Waals surface area contributed by atoms with Crippen molar-refractivity contribution < 1.29 is 17.9 Å². The minimum atomic E-state index is -4.68. The molecule has 0 atom stereocenters. The lowest BCUT2D eigenvalue weighted by Gasteiger charge is -2.23. The molecular weight excluding hydrogens is 277 g/mol. The summed E-state index contributed by atoms with van der Waals surface area (Å²) in [6, 6.07) is 5.35. The van der Waals surface area contributed by atoms with E-state index >= 15 is 0 Å². The lowest BCUT2D eigenvalue weighted by Crippen LogP contribution is -2.42. The lowest BCUT2D eigenvalue weighted by molar-refractivity contribution is -0.274. The van der Waals surface area contributed by atoms with E-state index in [-0.39, 0.29) is 11.3 Å². The highest BCUT2D eigenvalue weighted by Gasteiger charge is 2.30. The van der Waals surface area contributed by atoms with Crippen LogP contribution in [0.3, 0.4) is 0 Å². The molecule has 1 aromatic rings. The van der Waals surface area contributed by atoms with E-state index in [1.54, 1.807) is 0 Å². The Morgan fingerprint density at radius 2 is 1.63 bits per heavy atom. The average Bonchev–Trinajstić information content (AvgIpc) is 2.15. The SMILES string of the molecule is CC(C)(C)NC(=S)Nc1ccc(OC(F)(F)F)cc1. The quantitative estimate of drug-likeness (QED) is 0.815. The summed E-state index contributed by atoms with van der Waals surface area (Å²) in [7, 11) is 0. The molecule has 106 valence electrons. The molecule has 7 heteroatoms. The Bertz CT molecular complexity index is 438. The number of alkyl halides is 3. The number of anilines is 1. The fraction of sp³-hybridized carbons (Fsp3) is 0.417. The number of nitrogens with one attached hydrogen (secondary N) is 2. The minimum Gasteiger partial charge on any atom is -0.406 e. The van der Waals surface area contributed by atoms with Gasteiger partial charge in [0.2, 0.25) is 0 Å². The van der Waals surface area contributed by atoms with Crippen LogP contribution < -0.4 is 15.4 Å². The molecule has 0 saturated heterocycles. The fourth-order valence-electron chi connectivity index (χ4n) is 1.24.